The van der Waals surface area contributed by atoms with Crippen LogP contribution in [-0.2, 0) is 0 Å². The highest BCUT2D eigenvalue weighted by Gasteiger charge is 2.08. The monoisotopic (exact) mass is 245 g/mol. The largest absolute Gasteiger partial charge is 0.269 e. The van der Waals surface area contributed by atoms with Crippen LogP contribution >= 0.6 is 11.6 Å². The Morgan fingerprint density at radius 1 is 1.18 bits per heavy atom. The number of nitrogens with one attached hydrogen (secondary N) is 1. The lowest BCUT2D eigenvalue weighted by atomic mass is 10.2. The second kappa shape index (κ2) is 3.75. The molecular formula is C12H8ClN3O. The minimum atomic E-state index is -0.119. The van der Waals surface area contributed by atoms with E-state index < -0.39 is 0 Å². The zero-order valence-corrected chi connectivity index (χ0v) is 9.48. The fourth-order valence-electron chi connectivity index (χ4n) is 1.78. The highest BCUT2D eigenvalue weighted by molar-refractivity contribution is 6.30. The molecule has 5 heteroatoms. The standard InChI is InChI=1S/C12H8ClN3O/c13-9-4-1-3-8(7-9)12-15-14-10-5-2-6-11(17)16(10)12/h1-7,14H. The second-order valence-electron chi connectivity index (χ2n) is 3.64. The zero-order valence-electron chi connectivity index (χ0n) is 8.72. The minimum absolute atomic E-state index is 0.119. The van der Waals surface area contributed by atoms with E-state index in [1.807, 2.05) is 12.1 Å². The Morgan fingerprint density at radius 2 is 2.00 bits per heavy atom. The van der Waals surface area contributed by atoms with Crippen molar-refractivity contribution in [3.05, 3.63) is 57.8 Å². The van der Waals surface area contributed by atoms with Crippen LogP contribution in [0.4, 0.5) is 0 Å². The Morgan fingerprint density at radius 3 is 2.82 bits per heavy atom. The summed E-state index contributed by atoms with van der Waals surface area (Å²) in [4.78, 5) is 11.8. The van der Waals surface area contributed by atoms with Gasteiger partial charge in [0.15, 0.2) is 5.82 Å². The lowest BCUT2D eigenvalue weighted by Crippen LogP contribution is -2.11. The van der Waals surface area contributed by atoms with Gasteiger partial charge in [0, 0.05) is 16.7 Å². The van der Waals surface area contributed by atoms with E-state index in [2.05, 4.69) is 10.2 Å². The van der Waals surface area contributed by atoms with Gasteiger partial charge < -0.3 is 0 Å². The fourth-order valence-corrected chi connectivity index (χ4v) is 1.97. The lowest BCUT2D eigenvalue weighted by Gasteiger charge is -1.99. The van der Waals surface area contributed by atoms with Crippen molar-refractivity contribution in [3.63, 3.8) is 0 Å². The molecule has 1 aromatic carbocycles. The molecular weight excluding hydrogens is 238 g/mol. The summed E-state index contributed by atoms with van der Waals surface area (Å²) in [6.07, 6.45) is 0. The van der Waals surface area contributed by atoms with Crippen LogP contribution in [0.2, 0.25) is 5.02 Å². The number of halogens is 1. The molecule has 3 aromatic rings. The van der Waals surface area contributed by atoms with Gasteiger partial charge in [-0.1, -0.05) is 29.8 Å². The van der Waals surface area contributed by atoms with Gasteiger partial charge in [0.05, 0.1) is 0 Å². The maximum atomic E-state index is 11.8. The molecule has 0 aliphatic carbocycles. The summed E-state index contributed by atoms with van der Waals surface area (Å²) in [5.74, 6) is 0.563. The third-order valence-electron chi connectivity index (χ3n) is 2.53. The van der Waals surface area contributed by atoms with Crippen molar-refractivity contribution in [3.8, 4) is 11.4 Å². The number of benzene rings is 1. The molecule has 4 nitrogen and oxygen atoms in total. The van der Waals surface area contributed by atoms with Gasteiger partial charge in [0.25, 0.3) is 5.56 Å². The summed E-state index contributed by atoms with van der Waals surface area (Å²) in [5.41, 5.74) is 1.34. The van der Waals surface area contributed by atoms with Gasteiger partial charge >= 0.3 is 0 Å². The molecule has 0 aliphatic rings. The van der Waals surface area contributed by atoms with E-state index in [0.717, 1.165) is 5.56 Å². The molecule has 0 atom stereocenters. The third kappa shape index (κ3) is 1.62. The average molecular weight is 246 g/mol. The van der Waals surface area contributed by atoms with Crippen LogP contribution in [0.5, 0.6) is 0 Å². The molecule has 0 radical (unpaired) electrons. The Kier molecular flexibility index (Phi) is 2.23. The van der Waals surface area contributed by atoms with Gasteiger partial charge in [-0.3, -0.25) is 9.89 Å². The molecule has 2 aromatic heterocycles. The first-order valence-electron chi connectivity index (χ1n) is 5.08. The highest BCUT2D eigenvalue weighted by Crippen LogP contribution is 2.20. The van der Waals surface area contributed by atoms with Crippen molar-refractivity contribution in [2.24, 2.45) is 0 Å². The molecule has 2 heterocycles. The van der Waals surface area contributed by atoms with E-state index in [4.69, 9.17) is 11.6 Å². The predicted octanol–water partition coefficient (Wildman–Crippen LogP) is 2.34. The van der Waals surface area contributed by atoms with Crippen molar-refractivity contribution in [2.45, 2.75) is 0 Å². The molecule has 0 amide bonds. The Hall–Kier alpha value is -2.07. The smallest absolute Gasteiger partial charge is 0.257 e. The molecule has 0 fully saturated rings. The molecule has 0 saturated carbocycles. The Bertz CT molecular complexity index is 745. The van der Waals surface area contributed by atoms with Crippen LogP contribution in [0.15, 0.2) is 47.3 Å². The maximum Gasteiger partial charge on any atom is 0.257 e. The van der Waals surface area contributed by atoms with E-state index in [1.54, 1.807) is 24.3 Å². The summed E-state index contributed by atoms with van der Waals surface area (Å²) in [6, 6.07) is 12.2. The van der Waals surface area contributed by atoms with Crippen LogP contribution in [0, 0.1) is 0 Å². The van der Waals surface area contributed by atoms with E-state index in [9.17, 15) is 4.79 Å². The number of hydrogen-bond donors (Lipinski definition) is 1. The summed E-state index contributed by atoms with van der Waals surface area (Å²) < 4.78 is 1.52. The molecule has 0 unspecified atom stereocenters. The van der Waals surface area contributed by atoms with E-state index in [1.165, 1.54) is 10.5 Å². The summed E-state index contributed by atoms with van der Waals surface area (Å²) in [7, 11) is 0. The van der Waals surface area contributed by atoms with Gasteiger partial charge in [-0.15, -0.1) is 0 Å². The SMILES string of the molecule is O=c1cccc2[nH]nc(-c3cccc(Cl)c3)n12. The van der Waals surface area contributed by atoms with Crippen molar-refractivity contribution >= 4 is 17.2 Å². The summed E-state index contributed by atoms with van der Waals surface area (Å²) in [5, 5.41) is 7.58. The van der Waals surface area contributed by atoms with E-state index in [0.29, 0.717) is 16.5 Å². The molecule has 0 saturated heterocycles. The van der Waals surface area contributed by atoms with Crippen LogP contribution in [0.1, 0.15) is 0 Å². The molecule has 0 aliphatic heterocycles. The first-order valence-corrected chi connectivity index (χ1v) is 5.45. The first kappa shape index (κ1) is 10.1. The van der Waals surface area contributed by atoms with E-state index in [-0.39, 0.29) is 5.56 Å². The van der Waals surface area contributed by atoms with Gasteiger partial charge in [0.1, 0.15) is 5.65 Å². The zero-order chi connectivity index (χ0) is 11.8. The topological polar surface area (TPSA) is 50.2 Å². The van der Waals surface area contributed by atoms with Crippen LogP contribution in [0.3, 0.4) is 0 Å². The van der Waals surface area contributed by atoms with Gasteiger partial charge in [-0.2, -0.15) is 5.10 Å². The Balaban J connectivity index is 2.35. The van der Waals surface area contributed by atoms with Gasteiger partial charge in [-0.25, -0.2) is 4.40 Å². The van der Waals surface area contributed by atoms with Gasteiger partial charge in [-0.05, 0) is 18.2 Å². The van der Waals surface area contributed by atoms with Crippen molar-refractivity contribution < 1.29 is 0 Å². The molecule has 84 valence electrons. The van der Waals surface area contributed by atoms with Gasteiger partial charge in [0.2, 0.25) is 0 Å². The number of hydrogen-bond acceptors (Lipinski definition) is 2. The van der Waals surface area contributed by atoms with Crippen molar-refractivity contribution in [2.75, 3.05) is 0 Å². The summed E-state index contributed by atoms with van der Waals surface area (Å²) >= 11 is 5.93. The number of nitrogens with zero attached hydrogens (tertiary/aromatic N) is 2. The molecule has 17 heavy (non-hydrogen) atoms. The second-order valence-corrected chi connectivity index (χ2v) is 4.08. The van der Waals surface area contributed by atoms with E-state index >= 15 is 0 Å². The Labute approximate surface area is 101 Å². The number of H-pyrrole nitrogens is 1. The third-order valence-corrected chi connectivity index (χ3v) is 2.76. The van der Waals surface area contributed by atoms with Crippen molar-refractivity contribution in [1.82, 2.24) is 14.6 Å². The van der Waals surface area contributed by atoms with Crippen LogP contribution < -0.4 is 5.56 Å². The number of aromatic nitrogens is 3. The maximum absolute atomic E-state index is 11.8. The summed E-state index contributed by atoms with van der Waals surface area (Å²) in [6.45, 7) is 0. The molecule has 1 N–H and O–H groups in total. The predicted molar refractivity (Wildman–Crippen MR) is 66.3 cm³/mol. The molecule has 3 rings (SSSR count). The average Bonchev–Trinajstić information content (AvgIpc) is 2.74. The fraction of sp³-hybridized carbons (Fsp3) is 0. The molecule has 0 bridgehead atoms. The van der Waals surface area contributed by atoms with Crippen molar-refractivity contribution in [1.29, 1.82) is 0 Å². The quantitative estimate of drug-likeness (QED) is 0.715. The number of pyridine rings is 1. The minimum Gasteiger partial charge on any atom is -0.269 e. The lowest BCUT2D eigenvalue weighted by molar-refractivity contribution is 1.09. The molecule has 0 spiro atoms. The number of fused-ring (bicyclic) bond motifs is 1. The normalized spacial score (nSPS) is 10.9. The first-order chi connectivity index (χ1) is 8.25. The van der Waals surface area contributed by atoms with Crippen LogP contribution in [-0.4, -0.2) is 14.6 Å². The highest BCUT2D eigenvalue weighted by atomic mass is 35.5. The van der Waals surface area contributed by atoms with Crippen LogP contribution in [0.25, 0.3) is 17.0 Å². The number of rotatable bonds is 1. The number of aromatic amines is 1.